The molecule has 2 N–H and O–H groups in total. The predicted molar refractivity (Wildman–Crippen MR) is 96.1 cm³/mol. The van der Waals surface area contributed by atoms with Crippen molar-refractivity contribution in [3.8, 4) is 0 Å². The second-order valence-electron chi connectivity index (χ2n) is 5.53. The van der Waals surface area contributed by atoms with Crippen LogP contribution in [0.15, 0.2) is 21.5 Å². The summed E-state index contributed by atoms with van der Waals surface area (Å²) in [5.74, 6) is 0.195. The molecule has 8 heteroatoms. The molecule has 0 aromatic carbocycles. The Labute approximate surface area is 150 Å². The fraction of sp³-hybridized carbons (Fsp3) is 0.267. The average molecular weight is 441 g/mol. The number of rotatable bonds is 2. The van der Waals surface area contributed by atoms with E-state index in [2.05, 4.69) is 41.8 Å². The molecule has 0 bridgehead atoms. The monoisotopic (exact) mass is 439 g/mol. The average Bonchev–Trinajstić information content (AvgIpc) is 2.77. The Balaban J connectivity index is 2.19. The van der Waals surface area contributed by atoms with Crippen molar-refractivity contribution in [1.29, 1.82) is 0 Å². The van der Waals surface area contributed by atoms with E-state index in [1.165, 1.54) is 0 Å². The zero-order chi connectivity index (χ0) is 16.9. The number of hydrogen-bond acceptors (Lipinski definition) is 4. The highest BCUT2D eigenvalue weighted by atomic mass is 79.9. The molecule has 3 aromatic heterocycles. The van der Waals surface area contributed by atoms with Crippen LogP contribution in [0.3, 0.4) is 0 Å². The van der Waals surface area contributed by atoms with Crippen LogP contribution in [0.2, 0.25) is 0 Å². The number of anilines is 1. The molecule has 0 saturated carbocycles. The molecule has 0 aliphatic carbocycles. The molecule has 3 aromatic rings. The Morgan fingerprint density at radius 3 is 2.61 bits per heavy atom. The number of nitrogen functional groups attached to an aromatic ring is 1. The van der Waals surface area contributed by atoms with Gasteiger partial charge in [0.1, 0.15) is 16.8 Å². The van der Waals surface area contributed by atoms with Gasteiger partial charge in [0.15, 0.2) is 6.20 Å². The van der Waals surface area contributed by atoms with Crippen LogP contribution in [0.1, 0.15) is 22.4 Å². The molecule has 0 spiro atoms. The third-order valence-corrected chi connectivity index (χ3v) is 5.68. The van der Waals surface area contributed by atoms with Crippen molar-refractivity contribution in [2.75, 3.05) is 5.73 Å². The van der Waals surface area contributed by atoms with Gasteiger partial charge in [0.25, 0.3) is 0 Å². The summed E-state index contributed by atoms with van der Waals surface area (Å²) >= 11 is 6.97. The van der Waals surface area contributed by atoms with Crippen LogP contribution < -0.4 is 10.5 Å². The zero-order valence-electron chi connectivity index (χ0n) is 12.9. The molecule has 0 aliphatic rings. The maximum absolute atomic E-state index is 12.3. The van der Waals surface area contributed by atoms with Crippen LogP contribution in [0.25, 0.3) is 11.0 Å². The highest BCUT2D eigenvalue weighted by Crippen LogP contribution is 2.28. The van der Waals surface area contributed by atoms with Crippen molar-refractivity contribution in [1.82, 2.24) is 14.5 Å². The quantitative estimate of drug-likeness (QED) is 0.377. The molecule has 0 amide bonds. The molecule has 3 rings (SSSR count). The van der Waals surface area contributed by atoms with E-state index in [-0.39, 0.29) is 5.95 Å². The third-order valence-electron chi connectivity index (χ3n) is 3.88. The number of nitrogens with two attached hydrogens (primary N) is 1. The van der Waals surface area contributed by atoms with Gasteiger partial charge in [0, 0.05) is 21.8 Å². The van der Waals surface area contributed by atoms with Crippen LogP contribution in [0.4, 0.5) is 5.95 Å². The van der Waals surface area contributed by atoms with Crippen LogP contribution in [0.5, 0.6) is 0 Å². The first kappa shape index (κ1) is 16.2. The highest BCUT2D eigenvalue weighted by molar-refractivity contribution is 9.10. The Morgan fingerprint density at radius 2 is 1.91 bits per heavy atom. The van der Waals surface area contributed by atoms with Gasteiger partial charge in [-0.15, -0.1) is 0 Å². The van der Waals surface area contributed by atoms with Gasteiger partial charge in [0.2, 0.25) is 11.6 Å². The summed E-state index contributed by atoms with van der Waals surface area (Å²) in [5, 5.41) is 13.2. The van der Waals surface area contributed by atoms with Crippen molar-refractivity contribution in [2.24, 2.45) is 0 Å². The summed E-state index contributed by atoms with van der Waals surface area (Å²) in [6.45, 7) is 6.21. The van der Waals surface area contributed by atoms with Gasteiger partial charge in [-0.05, 0) is 58.2 Å². The molecule has 0 aliphatic heterocycles. The van der Waals surface area contributed by atoms with Crippen molar-refractivity contribution >= 4 is 48.8 Å². The number of pyridine rings is 1. The summed E-state index contributed by atoms with van der Waals surface area (Å²) < 4.78 is 4.44. The molecule has 0 fully saturated rings. The van der Waals surface area contributed by atoms with E-state index >= 15 is 0 Å². The van der Waals surface area contributed by atoms with E-state index < -0.39 is 0 Å². The summed E-state index contributed by atoms with van der Waals surface area (Å²) in [6.07, 6.45) is 3.53. The molecule has 0 unspecified atom stereocenters. The van der Waals surface area contributed by atoms with Gasteiger partial charge in [-0.1, -0.05) is 0 Å². The lowest BCUT2D eigenvalue weighted by Gasteiger charge is -2.12. The van der Waals surface area contributed by atoms with Gasteiger partial charge in [-0.2, -0.15) is 9.71 Å². The number of hydrogen-bond donors (Lipinski definition) is 1. The summed E-state index contributed by atoms with van der Waals surface area (Å²) in [7, 11) is 0. The van der Waals surface area contributed by atoms with Gasteiger partial charge >= 0.3 is 0 Å². The Kier molecular flexibility index (Phi) is 4.05. The van der Waals surface area contributed by atoms with Gasteiger partial charge in [-0.25, -0.2) is 4.98 Å². The second-order valence-corrected chi connectivity index (χ2v) is 7.08. The molecule has 0 atom stereocenters. The summed E-state index contributed by atoms with van der Waals surface area (Å²) in [4.78, 5) is 8.47. The van der Waals surface area contributed by atoms with Gasteiger partial charge in [-0.3, -0.25) is 0 Å². The highest BCUT2D eigenvalue weighted by Gasteiger charge is 2.19. The SMILES string of the molecule is Cc1c[n+]([O-])c(Cn2cc(C)c3c(Br)nc(N)nc32)c(C)c1Br. The first-order valence-corrected chi connectivity index (χ1v) is 8.54. The molecule has 0 radical (unpaired) electrons. The molecule has 0 saturated heterocycles. The first-order chi connectivity index (χ1) is 10.8. The molecule has 120 valence electrons. The van der Waals surface area contributed by atoms with Crippen LogP contribution in [-0.4, -0.2) is 14.5 Å². The van der Waals surface area contributed by atoms with Crippen LogP contribution in [-0.2, 0) is 6.54 Å². The lowest BCUT2D eigenvalue weighted by molar-refractivity contribution is -0.615. The minimum Gasteiger partial charge on any atom is -0.618 e. The van der Waals surface area contributed by atoms with E-state index in [9.17, 15) is 5.21 Å². The fourth-order valence-electron chi connectivity index (χ4n) is 2.71. The van der Waals surface area contributed by atoms with E-state index in [4.69, 9.17) is 5.73 Å². The smallest absolute Gasteiger partial charge is 0.223 e. The van der Waals surface area contributed by atoms with E-state index in [1.54, 1.807) is 6.20 Å². The van der Waals surface area contributed by atoms with E-state index in [1.807, 2.05) is 31.5 Å². The second kappa shape index (κ2) is 5.76. The zero-order valence-corrected chi connectivity index (χ0v) is 16.1. The molecule has 6 nitrogen and oxygen atoms in total. The van der Waals surface area contributed by atoms with Crippen LogP contribution in [0, 0.1) is 26.0 Å². The van der Waals surface area contributed by atoms with Gasteiger partial charge in [0.05, 0.1) is 5.39 Å². The van der Waals surface area contributed by atoms with Crippen molar-refractivity contribution in [3.05, 3.63) is 49.1 Å². The predicted octanol–water partition coefficient (Wildman–Crippen LogP) is 3.15. The Hall–Kier alpha value is -1.67. The lowest BCUT2D eigenvalue weighted by atomic mass is 10.1. The first-order valence-electron chi connectivity index (χ1n) is 6.95. The molecule has 23 heavy (non-hydrogen) atoms. The maximum Gasteiger partial charge on any atom is 0.223 e. The topological polar surface area (TPSA) is 83.7 Å². The number of aromatic nitrogens is 4. The molecular formula is C15H15Br2N5O. The number of fused-ring (bicyclic) bond motifs is 1. The van der Waals surface area contributed by atoms with Crippen molar-refractivity contribution in [2.45, 2.75) is 27.3 Å². The fourth-order valence-corrected chi connectivity index (χ4v) is 3.72. The van der Waals surface area contributed by atoms with Crippen LogP contribution >= 0.6 is 31.9 Å². The Bertz CT molecular complexity index is 936. The van der Waals surface area contributed by atoms with Gasteiger partial charge < -0.3 is 15.5 Å². The molecule has 3 heterocycles. The normalized spacial score (nSPS) is 11.3. The van der Waals surface area contributed by atoms with E-state index in [0.717, 1.165) is 31.3 Å². The Morgan fingerprint density at radius 1 is 1.22 bits per heavy atom. The summed E-state index contributed by atoms with van der Waals surface area (Å²) in [5.41, 5.74) is 9.97. The number of nitrogens with zero attached hydrogens (tertiary/aromatic N) is 4. The van der Waals surface area contributed by atoms with Crippen molar-refractivity contribution < 1.29 is 4.73 Å². The number of aryl methyl sites for hydroxylation is 2. The largest absolute Gasteiger partial charge is 0.618 e. The minimum absolute atomic E-state index is 0.195. The lowest BCUT2D eigenvalue weighted by Crippen LogP contribution is -2.34. The number of halogens is 2. The molecular weight excluding hydrogens is 426 g/mol. The van der Waals surface area contributed by atoms with E-state index in [0.29, 0.717) is 22.5 Å². The third kappa shape index (κ3) is 2.70. The maximum atomic E-state index is 12.3. The summed E-state index contributed by atoms with van der Waals surface area (Å²) in [6, 6.07) is 0. The van der Waals surface area contributed by atoms with Crippen molar-refractivity contribution in [3.63, 3.8) is 0 Å². The standard InChI is InChI=1S/C15H15Br2N5O/c1-7-4-21(14-11(7)13(17)19-15(18)20-14)6-10-9(3)12(16)8(2)5-22(10)23/h4-5H,6H2,1-3H3,(H2,18,19,20). The minimum atomic E-state index is 0.195.